The molecule has 1 amide bonds. The largest absolute Gasteiger partial charge is 0.392 e. The molecule has 2 heterocycles. The second-order valence-electron chi connectivity index (χ2n) is 5.84. The van der Waals surface area contributed by atoms with Crippen LogP contribution in [-0.4, -0.2) is 60.3 Å². The van der Waals surface area contributed by atoms with Crippen LogP contribution in [0.5, 0.6) is 0 Å². The van der Waals surface area contributed by atoms with Crippen LogP contribution in [-0.2, 0) is 4.79 Å². The van der Waals surface area contributed by atoms with Gasteiger partial charge in [-0.25, -0.2) is 0 Å². The number of amides is 1. The van der Waals surface area contributed by atoms with E-state index in [2.05, 4.69) is 29.4 Å². The molecule has 3 unspecified atom stereocenters. The van der Waals surface area contributed by atoms with Crippen LogP contribution in [0, 0.1) is 5.92 Å². The van der Waals surface area contributed by atoms with Gasteiger partial charge in [-0.3, -0.25) is 4.79 Å². The molecule has 3 N–H and O–H groups in total. The summed E-state index contributed by atoms with van der Waals surface area (Å²) in [5, 5.41) is 15.4. The normalized spacial score (nSPS) is 33.2. The summed E-state index contributed by atoms with van der Waals surface area (Å²) in [6.07, 6.45) is 1.33. The first-order valence-corrected chi connectivity index (χ1v) is 6.99. The standard InChI is InChI=1S/C13H25N3O2/c1-9(2)16-4-3-10(8-16)6-15-13(18)12-5-11(17)7-14-12/h9-12,14,17H,3-8H2,1-2H3,(H,15,18). The molecule has 2 saturated heterocycles. The van der Waals surface area contributed by atoms with Crippen molar-refractivity contribution >= 4 is 5.91 Å². The molecule has 0 saturated carbocycles. The Morgan fingerprint density at radius 3 is 2.89 bits per heavy atom. The highest BCUT2D eigenvalue weighted by atomic mass is 16.3. The minimum absolute atomic E-state index is 0.0366. The minimum Gasteiger partial charge on any atom is -0.392 e. The van der Waals surface area contributed by atoms with Gasteiger partial charge in [0.1, 0.15) is 0 Å². The summed E-state index contributed by atoms with van der Waals surface area (Å²) in [5.41, 5.74) is 0. The van der Waals surface area contributed by atoms with Gasteiger partial charge in [0.25, 0.3) is 0 Å². The number of nitrogens with zero attached hydrogens (tertiary/aromatic N) is 1. The van der Waals surface area contributed by atoms with Gasteiger partial charge in [-0.15, -0.1) is 0 Å². The van der Waals surface area contributed by atoms with Gasteiger partial charge in [0, 0.05) is 25.7 Å². The van der Waals surface area contributed by atoms with Gasteiger partial charge in [-0.1, -0.05) is 0 Å². The van der Waals surface area contributed by atoms with Crippen molar-refractivity contribution in [1.82, 2.24) is 15.5 Å². The Hall–Kier alpha value is -0.650. The highest BCUT2D eigenvalue weighted by Crippen LogP contribution is 2.17. The molecule has 2 aliphatic heterocycles. The van der Waals surface area contributed by atoms with Gasteiger partial charge in [0.05, 0.1) is 12.1 Å². The lowest BCUT2D eigenvalue weighted by atomic mass is 10.1. The highest BCUT2D eigenvalue weighted by molar-refractivity contribution is 5.82. The van der Waals surface area contributed by atoms with E-state index >= 15 is 0 Å². The molecule has 0 radical (unpaired) electrons. The maximum Gasteiger partial charge on any atom is 0.237 e. The zero-order valence-electron chi connectivity index (χ0n) is 11.4. The van der Waals surface area contributed by atoms with Gasteiger partial charge >= 0.3 is 0 Å². The number of rotatable bonds is 4. The molecule has 2 aliphatic rings. The minimum atomic E-state index is -0.372. The Morgan fingerprint density at radius 2 is 2.33 bits per heavy atom. The van der Waals surface area contributed by atoms with E-state index in [1.807, 2.05) is 0 Å². The molecule has 0 bridgehead atoms. The first-order valence-electron chi connectivity index (χ1n) is 6.99. The lowest BCUT2D eigenvalue weighted by molar-refractivity contribution is -0.123. The van der Waals surface area contributed by atoms with Crippen LogP contribution in [0.2, 0.25) is 0 Å². The average molecular weight is 255 g/mol. The predicted molar refractivity (Wildman–Crippen MR) is 70.2 cm³/mol. The molecule has 2 rings (SSSR count). The van der Waals surface area contributed by atoms with Crippen molar-refractivity contribution in [3.05, 3.63) is 0 Å². The maximum absolute atomic E-state index is 11.9. The van der Waals surface area contributed by atoms with Crippen molar-refractivity contribution in [3.8, 4) is 0 Å². The number of hydrogen-bond donors (Lipinski definition) is 3. The number of hydrogen-bond acceptors (Lipinski definition) is 4. The number of carbonyl (C=O) groups is 1. The molecule has 0 aromatic rings. The third kappa shape index (κ3) is 3.43. The van der Waals surface area contributed by atoms with Gasteiger partial charge in [0.2, 0.25) is 5.91 Å². The van der Waals surface area contributed by atoms with E-state index in [-0.39, 0.29) is 18.1 Å². The lowest BCUT2D eigenvalue weighted by Crippen LogP contribution is -2.42. The van der Waals surface area contributed by atoms with E-state index in [9.17, 15) is 9.90 Å². The quantitative estimate of drug-likeness (QED) is 0.637. The van der Waals surface area contributed by atoms with E-state index < -0.39 is 0 Å². The van der Waals surface area contributed by atoms with Crippen molar-refractivity contribution in [1.29, 1.82) is 0 Å². The Balaban J connectivity index is 1.68. The smallest absolute Gasteiger partial charge is 0.237 e. The van der Waals surface area contributed by atoms with Gasteiger partial charge in [-0.2, -0.15) is 0 Å². The SMILES string of the molecule is CC(C)N1CCC(CNC(=O)C2CC(O)CN2)C1. The van der Waals surface area contributed by atoms with Gasteiger partial charge < -0.3 is 20.6 Å². The fraction of sp³-hybridized carbons (Fsp3) is 0.923. The molecule has 5 heteroatoms. The Bertz CT molecular complexity index is 296. The van der Waals surface area contributed by atoms with Crippen molar-refractivity contribution in [2.24, 2.45) is 5.92 Å². The summed E-state index contributed by atoms with van der Waals surface area (Å²) < 4.78 is 0. The van der Waals surface area contributed by atoms with Crippen molar-refractivity contribution < 1.29 is 9.90 Å². The van der Waals surface area contributed by atoms with E-state index in [4.69, 9.17) is 0 Å². The Labute approximate surface area is 109 Å². The zero-order valence-corrected chi connectivity index (χ0v) is 11.4. The molecular weight excluding hydrogens is 230 g/mol. The summed E-state index contributed by atoms with van der Waals surface area (Å²) in [6.45, 7) is 7.94. The molecule has 0 aromatic heterocycles. The van der Waals surface area contributed by atoms with E-state index in [0.29, 0.717) is 24.9 Å². The summed E-state index contributed by atoms with van der Waals surface area (Å²) in [7, 11) is 0. The third-order valence-corrected chi connectivity index (χ3v) is 4.04. The van der Waals surface area contributed by atoms with Crippen molar-refractivity contribution in [2.75, 3.05) is 26.2 Å². The van der Waals surface area contributed by atoms with Gasteiger partial charge in [-0.05, 0) is 39.2 Å². The Morgan fingerprint density at radius 1 is 1.56 bits per heavy atom. The maximum atomic E-state index is 11.9. The number of aliphatic hydroxyl groups excluding tert-OH is 1. The van der Waals surface area contributed by atoms with E-state index in [0.717, 1.165) is 19.6 Å². The zero-order chi connectivity index (χ0) is 13.1. The van der Waals surface area contributed by atoms with Crippen LogP contribution < -0.4 is 10.6 Å². The summed E-state index contributed by atoms with van der Waals surface area (Å²) in [6, 6.07) is 0.389. The van der Waals surface area contributed by atoms with Crippen LogP contribution in [0.15, 0.2) is 0 Å². The first kappa shape index (κ1) is 13.8. The third-order valence-electron chi connectivity index (χ3n) is 4.04. The summed E-state index contributed by atoms with van der Waals surface area (Å²) >= 11 is 0. The van der Waals surface area contributed by atoms with E-state index in [1.54, 1.807) is 0 Å². The molecule has 0 spiro atoms. The number of likely N-dealkylation sites (tertiary alicyclic amines) is 1. The monoisotopic (exact) mass is 255 g/mol. The van der Waals surface area contributed by atoms with Crippen LogP contribution in [0.1, 0.15) is 26.7 Å². The number of β-amino-alcohol motifs (C(OH)–C–C–N with tert-alkyl or cyclic N) is 1. The first-order chi connectivity index (χ1) is 8.56. The second-order valence-corrected chi connectivity index (χ2v) is 5.84. The van der Waals surface area contributed by atoms with Crippen LogP contribution in [0.3, 0.4) is 0 Å². The van der Waals surface area contributed by atoms with Crippen LogP contribution in [0.25, 0.3) is 0 Å². The van der Waals surface area contributed by atoms with Crippen LogP contribution >= 0.6 is 0 Å². The molecular formula is C13H25N3O2. The van der Waals surface area contributed by atoms with Crippen molar-refractivity contribution in [3.63, 3.8) is 0 Å². The number of carbonyl (C=O) groups excluding carboxylic acids is 1. The average Bonchev–Trinajstić information content (AvgIpc) is 2.94. The van der Waals surface area contributed by atoms with E-state index in [1.165, 1.54) is 6.42 Å². The molecule has 0 aliphatic carbocycles. The summed E-state index contributed by atoms with van der Waals surface area (Å²) in [5.74, 6) is 0.609. The molecule has 104 valence electrons. The highest BCUT2D eigenvalue weighted by Gasteiger charge is 2.29. The fourth-order valence-electron chi connectivity index (χ4n) is 2.78. The molecule has 2 fully saturated rings. The topological polar surface area (TPSA) is 64.6 Å². The number of nitrogens with one attached hydrogen (secondary N) is 2. The lowest BCUT2D eigenvalue weighted by Gasteiger charge is -2.20. The van der Waals surface area contributed by atoms with Gasteiger partial charge in [0.15, 0.2) is 0 Å². The van der Waals surface area contributed by atoms with Crippen molar-refractivity contribution in [2.45, 2.75) is 44.9 Å². The number of aliphatic hydroxyl groups is 1. The summed E-state index contributed by atoms with van der Waals surface area (Å²) in [4.78, 5) is 14.3. The molecule has 18 heavy (non-hydrogen) atoms. The molecule has 3 atom stereocenters. The van der Waals surface area contributed by atoms with Crippen LogP contribution in [0.4, 0.5) is 0 Å². The predicted octanol–water partition coefficient (Wildman–Crippen LogP) is -0.444. The second kappa shape index (κ2) is 5.99. The fourth-order valence-corrected chi connectivity index (χ4v) is 2.78. The Kier molecular flexibility index (Phi) is 4.59. The molecule has 0 aromatic carbocycles. The molecule has 5 nitrogen and oxygen atoms in total.